The number of carbonyl (C=O) groups is 4. The van der Waals surface area contributed by atoms with Crippen molar-refractivity contribution in [3.8, 4) is 0 Å². The minimum Gasteiger partial charge on any atom is -0.463 e. The Bertz CT molecular complexity index is 1670. The zero-order valence-electron chi connectivity index (χ0n) is 36.1. The van der Waals surface area contributed by atoms with Gasteiger partial charge in [-0.05, 0) is 24.0 Å². The third-order valence-electron chi connectivity index (χ3n) is 11.5. The second-order valence-electron chi connectivity index (χ2n) is 16.1. The number of carbonyl (C=O) groups excluding carboxylic acids is 4. The van der Waals surface area contributed by atoms with Crippen LogP contribution in [0.25, 0.3) is 0 Å². The van der Waals surface area contributed by atoms with Crippen molar-refractivity contribution in [2.45, 2.75) is 143 Å². The summed E-state index contributed by atoms with van der Waals surface area (Å²) < 4.78 is 68.5. The molecule has 3 aliphatic heterocycles. The van der Waals surface area contributed by atoms with Gasteiger partial charge in [-0.1, -0.05) is 88.4 Å². The summed E-state index contributed by atoms with van der Waals surface area (Å²) in [7, 11) is 0. The lowest BCUT2D eigenvalue weighted by Gasteiger charge is -2.50. The predicted octanol–water partition coefficient (Wildman–Crippen LogP) is 5.33. The van der Waals surface area contributed by atoms with E-state index in [1.807, 2.05) is 88.4 Å². The molecule has 0 aliphatic carbocycles. The molecule has 332 valence electrons. The van der Waals surface area contributed by atoms with Crippen LogP contribution in [0.15, 0.2) is 60.7 Å². The van der Waals surface area contributed by atoms with E-state index >= 15 is 0 Å². The normalized spacial score (nSPS) is 34.2. The molecule has 2 aromatic carbocycles. The zero-order valence-corrected chi connectivity index (χ0v) is 36.1. The number of ether oxygens (including phenoxy) is 11. The predicted molar refractivity (Wildman–Crippen MR) is 214 cm³/mol. The van der Waals surface area contributed by atoms with Gasteiger partial charge in [-0.2, -0.15) is 0 Å². The first-order valence-corrected chi connectivity index (χ1v) is 20.8. The van der Waals surface area contributed by atoms with Crippen LogP contribution in [-0.4, -0.2) is 111 Å². The lowest BCUT2D eigenvalue weighted by atomic mass is 9.83. The standard InChI is InChI=1S/C45H62O15/c1-25-26(2)42(55-32(8)48)44(57-36(25)23-51-30(6)46)60-41-28(4)43(56-33(9)49)45(58-38(41)24-52-31(7)47)59-40-27(3)39(53-21-35-18-14-11-15-19-35)29(5)54-37(40)22-50-20-34-16-12-10-13-17-34/h10-19,25-29,36-45H,20-24H2,1-9H3/t25-,26-,27+,28-,29-,36?,37?,38?,39?,40-,41-,42?,43?,44-,45-/m0/s1. The molecule has 3 aliphatic rings. The Morgan fingerprint density at radius 3 is 1.45 bits per heavy atom. The lowest BCUT2D eigenvalue weighted by Crippen LogP contribution is -2.63. The molecule has 0 saturated carbocycles. The van der Waals surface area contributed by atoms with E-state index in [0.29, 0.717) is 13.2 Å². The van der Waals surface area contributed by atoms with Gasteiger partial charge in [0.15, 0.2) is 24.8 Å². The van der Waals surface area contributed by atoms with Crippen LogP contribution in [0.3, 0.4) is 0 Å². The van der Waals surface area contributed by atoms with E-state index in [1.165, 1.54) is 27.7 Å². The minimum absolute atomic E-state index is 0.0559. The largest absolute Gasteiger partial charge is 0.463 e. The SMILES string of the molecule is CC(=O)OCC1O[C@@H](O[C@@H]2C(COC(C)=O)O[C@@H](O[C@@H]3C(COCc4ccccc4)O[C@@H](C)C(OCc4ccccc4)[C@H]3C)C(OC(C)=O)[C@H]2C)C(OC(C)=O)[C@@H](C)[C@@H]1C. The van der Waals surface area contributed by atoms with Crippen LogP contribution in [0.1, 0.15) is 73.4 Å². The summed E-state index contributed by atoms with van der Waals surface area (Å²) in [5, 5.41) is 0. The monoisotopic (exact) mass is 842 g/mol. The number of esters is 4. The second-order valence-corrected chi connectivity index (χ2v) is 16.1. The maximum Gasteiger partial charge on any atom is 0.303 e. The van der Waals surface area contributed by atoms with Crippen molar-refractivity contribution in [1.29, 1.82) is 0 Å². The summed E-state index contributed by atoms with van der Waals surface area (Å²) in [6.07, 6.45) is -8.89. The molecule has 0 N–H and O–H groups in total. The van der Waals surface area contributed by atoms with Gasteiger partial charge in [0, 0.05) is 45.4 Å². The van der Waals surface area contributed by atoms with Crippen LogP contribution in [0.2, 0.25) is 0 Å². The molecule has 0 radical (unpaired) electrons. The van der Waals surface area contributed by atoms with Crippen molar-refractivity contribution in [2.75, 3.05) is 19.8 Å². The van der Waals surface area contributed by atoms with Gasteiger partial charge < -0.3 is 52.1 Å². The van der Waals surface area contributed by atoms with Crippen molar-refractivity contribution < 1.29 is 71.3 Å². The summed E-state index contributed by atoms with van der Waals surface area (Å²) in [5.41, 5.74) is 2.00. The van der Waals surface area contributed by atoms with Gasteiger partial charge in [0.05, 0.1) is 50.3 Å². The molecule has 0 bridgehead atoms. The number of rotatable bonds is 17. The Hall–Kier alpha value is -3.96. The average Bonchev–Trinajstić information content (AvgIpc) is 3.20. The first-order chi connectivity index (χ1) is 28.6. The maximum absolute atomic E-state index is 12.8. The molecule has 3 heterocycles. The molecular weight excluding hydrogens is 780 g/mol. The highest BCUT2D eigenvalue weighted by Gasteiger charge is 2.54. The van der Waals surface area contributed by atoms with Gasteiger partial charge in [0.2, 0.25) is 0 Å². The third kappa shape index (κ3) is 12.8. The quantitative estimate of drug-likeness (QED) is 0.148. The van der Waals surface area contributed by atoms with E-state index in [1.54, 1.807) is 6.92 Å². The average molecular weight is 843 g/mol. The molecule has 15 nitrogen and oxygen atoms in total. The summed E-state index contributed by atoms with van der Waals surface area (Å²) in [5.74, 6) is -3.63. The fourth-order valence-electron chi connectivity index (χ4n) is 8.18. The summed E-state index contributed by atoms with van der Waals surface area (Å²) in [6.45, 7) is 15.3. The zero-order chi connectivity index (χ0) is 43.5. The number of hydrogen-bond donors (Lipinski definition) is 0. The Labute approximate surface area is 352 Å². The van der Waals surface area contributed by atoms with Gasteiger partial charge in [0.25, 0.3) is 0 Å². The van der Waals surface area contributed by atoms with Crippen molar-refractivity contribution in [3.05, 3.63) is 71.8 Å². The van der Waals surface area contributed by atoms with E-state index in [9.17, 15) is 19.2 Å². The van der Waals surface area contributed by atoms with Gasteiger partial charge in [-0.15, -0.1) is 0 Å². The third-order valence-corrected chi connectivity index (χ3v) is 11.5. The Morgan fingerprint density at radius 2 is 0.933 bits per heavy atom. The van der Waals surface area contributed by atoms with Crippen LogP contribution in [0.5, 0.6) is 0 Å². The molecule has 3 fully saturated rings. The highest BCUT2D eigenvalue weighted by molar-refractivity contribution is 5.67. The van der Waals surface area contributed by atoms with E-state index in [2.05, 4.69) is 0 Å². The van der Waals surface area contributed by atoms with Gasteiger partial charge >= 0.3 is 23.9 Å². The Kier molecular flexibility index (Phi) is 17.4. The molecule has 0 amide bonds. The lowest BCUT2D eigenvalue weighted by molar-refractivity contribution is -0.360. The number of hydrogen-bond acceptors (Lipinski definition) is 15. The molecular formula is C45H62O15. The van der Waals surface area contributed by atoms with E-state index in [0.717, 1.165) is 11.1 Å². The Balaban J connectivity index is 1.44. The van der Waals surface area contributed by atoms with Gasteiger partial charge in [0.1, 0.15) is 25.4 Å². The molecule has 15 atom stereocenters. The smallest absolute Gasteiger partial charge is 0.303 e. The second kappa shape index (κ2) is 22.2. The van der Waals surface area contributed by atoms with E-state index < -0.39 is 91.2 Å². The summed E-state index contributed by atoms with van der Waals surface area (Å²) >= 11 is 0. The highest BCUT2D eigenvalue weighted by atomic mass is 16.8. The first-order valence-electron chi connectivity index (χ1n) is 20.8. The molecule has 6 unspecified atom stereocenters. The van der Waals surface area contributed by atoms with Crippen molar-refractivity contribution in [2.24, 2.45) is 23.7 Å². The Morgan fingerprint density at radius 1 is 0.483 bits per heavy atom. The minimum atomic E-state index is -1.20. The molecule has 5 rings (SSSR count). The maximum atomic E-state index is 12.8. The molecule has 0 spiro atoms. The van der Waals surface area contributed by atoms with E-state index in [4.69, 9.17) is 52.1 Å². The van der Waals surface area contributed by atoms with Crippen molar-refractivity contribution in [1.82, 2.24) is 0 Å². The molecule has 2 aromatic rings. The number of benzene rings is 2. The van der Waals surface area contributed by atoms with E-state index in [-0.39, 0.29) is 43.7 Å². The summed E-state index contributed by atoms with van der Waals surface area (Å²) in [6, 6.07) is 19.6. The van der Waals surface area contributed by atoms with Crippen LogP contribution >= 0.6 is 0 Å². The fourth-order valence-corrected chi connectivity index (χ4v) is 8.18. The van der Waals surface area contributed by atoms with Gasteiger partial charge in [-0.3, -0.25) is 19.2 Å². The molecule has 0 aromatic heterocycles. The topological polar surface area (TPSA) is 170 Å². The van der Waals surface area contributed by atoms with Crippen LogP contribution in [0, 0.1) is 23.7 Å². The van der Waals surface area contributed by atoms with Crippen LogP contribution in [-0.2, 0) is 84.5 Å². The van der Waals surface area contributed by atoms with Crippen molar-refractivity contribution in [3.63, 3.8) is 0 Å². The van der Waals surface area contributed by atoms with Gasteiger partial charge in [-0.25, -0.2) is 0 Å². The molecule has 60 heavy (non-hydrogen) atoms. The summed E-state index contributed by atoms with van der Waals surface area (Å²) in [4.78, 5) is 49.2. The molecule has 15 heteroatoms. The van der Waals surface area contributed by atoms with Crippen molar-refractivity contribution >= 4 is 23.9 Å². The first kappa shape index (κ1) is 47.1. The highest BCUT2D eigenvalue weighted by Crippen LogP contribution is 2.40. The molecule has 3 saturated heterocycles. The van der Waals surface area contributed by atoms with Crippen LogP contribution in [0.4, 0.5) is 0 Å². The van der Waals surface area contributed by atoms with Crippen LogP contribution < -0.4 is 0 Å². The fraction of sp³-hybridized carbons (Fsp3) is 0.644.